The number of alkyl halides is 3. The van der Waals surface area contributed by atoms with Crippen LogP contribution in [0.1, 0.15) is 18.4 Å². The van der Waals surface area contributed by atoms with Gasteiger partial charge in [0, 0.05) is 30.9 Å². The highest BCUT2D eigenvalue weighted by atomic mass is 19.4. The number of nitrogens with one attached hydrogen (secondary N) is 1. The molecule has 33 heavy (non-hydrogen) atoms. The zero-order chi connectivity index (χ0) is 24.2. The Labute approximate surface area is 187 Å². The predicted octanol–water partition coefficient (Wildman–Crippen LogP) is 3.81. The Kier molecular flexibility index (Phi) is 7.54. The highest BCUT2D eigenvalue weighted by Crippen LogP contribution is 2.38. The van der Waals surface area contributed by atoms with E-state index in [2.05, 4.69) is 10.3 Å². The van der Waals surface area contributed by atoms with Crippen molar-refractivity contribution in [3.05, 3.63) is 58.6 Å². The molecule has 1 atom stereocenters. The number of allylic oxidation sites excluding steroid dienone is 3. The lowest BCUT2D eigenvalue weighted by molar-refractivity contribution is -0.138. The Morgan fingerprint density at radius 3 is 2.73 bits per heavy atom. The minimum Gasteiger partial charge on any atom is -0.496 e. The molecule has 0 saturated heterocycles. The average molecular weight is 469 g/mol. The number of halogens is 4. The van der Waals surface area contributed by atoms with Gasteiger partial charge in [-0.05, 0) is 35.8 Å². The fourth-order valence-corrected chi connectivity index (χ4v) is 3.57. The molecule has 0 bridgehead atoms. The summed E-state index contributed by atoms with van der Waals surface area (Å²) >= 11 is 0. The predicted molar refractivity (Wildman–Crippen MR) is 114 cm³/mol. The lowest BCUT2D eigenvalue weighted by Gasteiger charge is -2.32. The zero-order valence-electron chi connectivity index (χ0n) is 17.7. The van der Waals surface area contributed by atoms with Crippen molar-refractivity contribution < 1.29 is 37.3 Å². The molecule has 0 aromatic heterocycles. The summed E-state index contributed by atoms with van der Waals surface area (Å²) in [6, 6.07) is 2.11. The van der Waals surface area contributed by atoms with Crippen molar-refractivity contribution >= 4 is 17.9 Å². The fraction of sp³-hybridized carbons (Fsp3) is 0.364. The summed E-state index contributed by atoms with van der Waals surface area (Å²) in [5.74, 6) is -1.18. The largest absolute Gasteiger partial charge is 0.496 e. The molecule has 7 nitrogen and oxygen atoms in total. The summed E-state index contributed by atoms with van der Waals surface area (Å²) < 4.78 is 59.2. The molecule has 0 radical (unpaired) electrons. The number of methoxy groups -OCH3 is 1. The van der Waals surface area contributed by atoms with E-state index in [1.54, 1.807) is 12.3 Å². The zero-order valence-corrected chi connectivity index (χ0v) is 17.7. The highest BCUT2D eigenvalue weighted by molar-refractivity contribution is 5.92. The second kappa shape index (κ2) is 10.2. The average Bonchev–Trinajstić information content (AvgIpc) is 2.78. The van der Waals surface area contributed by atoms with Crippen LogP contribution in [0.25, 0.3) is 0 Å². The minimum atomic E-state index is -4.64. The number of aliphatic hydroxyl groups is 2. The van der Waals surface area contributed by atoms with E-state index < -0.39 is 42.1 Å². The summed E-state index contributed by atoms with van der Waals surface area (Å²) in [5.41, 5.74) is -0.0683. The van der Waals surface area contributed by atoms with Gasteiger partial charge < -0.3 is 20.3 Å². The molecule has 178 valence electrons. The van der Waals surface area contributed by atoms with Crippen molar-refractivity contribution in [3.63, 3.8) is 0 Å². The molecule has 2 heterocycles. The Balaban J connectivity index is 1.91. The number of benzene rings is 1. The molecule has 0 saturated carbocycles. The number of hydrogen-bond donors (Lipinski definition) is 3. The van der Waals surface area contributed by atoms with E-state index in [0.717, 1.165) is 30.2 Å². The topological polar surface area (TPSA) is 94.4 Å². The van der Waals surface area contributed by atoms with Crippen LogP contribution in [-0.2, 0) is 6.18 Å². The summed E-state index contributed by atoms with van der Waals surface area (Å²) in [6.45, 7) is -0.302. The molecule has 3 N–H and O–H groups in total. The molecule has 0 fully saturated rings. The number of urea groups is 1. The standard InChI is InChI=1S/C22H23F4N3O4/c1-33-19-10-15(2-3-17(19)22(24,25)26)28-21(32)29-11-13(8-16(31)12-30)9-18(23)20(29)14-4-6-27-7-5-14/h2-4,7,9-10,16,30-31H,5-6,8,11-12H2,1H3,(H,28,32)/t16-/m1/s1. The van der Waals surface area contributed by atoms with Crippen LogP contribution < -0.4 is 10.1 Å². The van der Waals surface area contributed by atoms with E-state index in [1.807, 2.05) is 0 Å². The van der Waals surface area contributed by atoms with Crippen molar-refractivity contribution in [2.75, 3.05) is 32.1 Å². The SMILES string of the molecule is COc1cc(NC(=O)N2CC(C[C@@H](O)CO)=CC(F)=C2C2=CCN=CC2)ccc1C(F)(F)F. The Bertz CT molecular complexity index is 1030. The molecule has 11 heteroatoms. The van der Waals surface area contributed by atoms with E-state index in [1.165, 1.54) is 6.08 Å². The number of dihydropyridines is 1. The van der Waals surface area contributed by atoms with Crippen molar-refractivity contribution in [3.8, 4) is 5.75 Å². The summed E-state index contributed by atoms with van der Waals surface area (Å²) in [5, 5.41) is 21.3. The molecular weight excluding hydrogens is 446 g/mol. The molecular formula is C22H23F4N3O4. The van der Waals surface area contributed by atoms with Gasteiger partial charge in [-0.3, -0.25) is 9.89 Å². The first-order valence-electron chi connectivity index (χ1n) is 10.0. The Morgan fingerprint density at radius 1 is 1.36 bits per heavy atom. The second-order valence-corrected chi connectivity index (χ2v) is 7.45. The second-order valence-electron chi connectivity index (χ2n) is 7.45. The number of carbonyl (C=O) groups is 1. The van der Waals surface area contributed by atoms with Gasteiger partial charge in [0.2, 0.25) is 0 Å². The summed E-state index contributed by atoms with van der Waals surface area (Å²) in [6.07, 6.45) is -1.04. The molecule has 2 amide bonds. The van der Waals surface area contributed by atoms with Crippen molar-refractivity contribution in [1.29, 1.82) is 0 Å². The van der Waals surface area contributed by atoms with E-state index in [0.29, 0.717) is 24.1 Å². The third kappa shape index (κ3) is 5.79. The monoisotopic (exact) mass is 469 g/mol. The number of hydrogen-bond acceptors (Lipinski definition) is 5. The number of anilines is 1. The Hall–Kier alpha value is -3.18. The summed E-state index contributed by atoms with van der Waals surface area (Å²) in [7, 11) is 1.08. The number of nitrogens with zero attached hydrogens (tertiary/aromatic N) is 2. The van der Waals surface area contributed by atoms with Gasteiger partial charge in [0.15, 0.2) is 0 Å². The number of rotatable bonds is 6. The van der Waals surface area contributed by atoms with Crippen molar-refractivity contribution in [2.24, 2.45) is 4.99 Å². The van der Waals surface area contributed by atoms with Gasteiger partial charge in [0.1, 0.15) is 11.6 Å². The number of aliphatic hydroxyl groups excluding tert-OH is 2. The summed E-state index contributed by atoms with van der Waals surface area (Å²) in [4.78, 5) is 18.3. The van der Waals surface area contributed by atoms with Crippen LogP contribution in [-0.4, -0.2) is 60.3 Å². The van der Waals surface area contributed by atoms with Gasteiger partial charge in [-0.15, -0.1) is 0 Å². The van der Waals surface area contributed by atoms with Gasteiger partial charge >= 0.3 is 12.2 Å². The van der Waals surface area contributed by atoms with Gasteiger partial charge in [-0.25, -0.2) is 9.18 Å². The number of carbonyl (C=O) groups excluding carboxylic acids is 1. The van der Waals surface area contributed by atoms with Crippen LogP contribution in [0.2, 0.25) is 0 Å². The fourth-order valence-electron chi connectivity index (χ4n) is 3.57. The van der Waals surface area contributed by atoms with Crippen LogP contribution in [0, 0.1) is 0 Å². The molecule has 1 aromatic carbocycles. The first kappa shape index (κ1) is 24.5. The number of ether oxygens (including phenoxy) is 1. The molecule has 0 aliphatic carbocycles. The maximum absolute atomic E-state index is 15.1. The van der Waals surface area contributed by atoms with Gasteiger partial charge in [0.05, 0.1) is 37.6 Å². The van der Waals surface area contributed by atoms with Crippen LogP contribution in [0.15, 0.2) is 58.0 Å². The van der Waals surface area contributed by atoms with Crippen LogP contribution in [0.5, 0.6) is 5.75 Å². The van der Waals surface area contributed by atoms with Crippen molar-refractivity contribution in [2.45, 2.75) is 25.1 Å². The van der Waals surface area contributed by atoms with Crippen LogP contribution in [0.3, 0.4) is 0 Å². The smallest absolute Gasteiger partial charge is 0.419 e. The van der Waals surface area contributed by atoms with Gasteiger partial charge in [-0.1, -0.05) is 6.08 Å². The first-order chi connectivity index (χ1) is 15.6. The quantitative estimate of drug-likeness (QED) is 0.553. The maximum Gasteiger partial charge on any atom is 0.419 e. The lowest BCUT2D eigenvalue weighted by Crippen LogP contribution is -2.39. The third-order valence-corrected chi connectivity index (χ3v) is 5.09. The number of aliphatic imine (C=N–C) groups is 1. The van der Waals surface area contributed by atoms with Gasteiger partial charge in [0.25, 0.3) is 0 Å². The molecule has 2 aliphatic heterocycles. The highest BCUT2D eigenvalue weighted by Gasteiger charge is 2.35. The molecule has 3 rings (SSSR count). The van der Waals surface area contributed by atoms with E-state index in [-0.39, 0.29) is 24.4 Å². The van der Waals surface area contributed by atoms with Gasteiger partial charge in [-0.2, -0.15) is 13.2 Å². The van der Waals surface area contributed by atoms with E-state index in [9.17, 15) is 23.1 Å². The normalized spacial score (nSPS) is 17.5. The van der Waals surface area contributed by atoms with Crippen LogP contribution >= 0.6 is 0 Å². The van der Waals surface area contributed by atoms with E-state index >= 15 is 4.39 Å². The first-order valence-corrected chi connectivity index (χ1v) is 10.0. The Morgan fingerprint density at radius 2 is 2.12 bits per heavy atom. The minimum absolute atomic E-state index is 0.0137. The molecule has 1 aromatic rings. The van der Waals surface area contributed by atoms with E-state index in [4.69, 9.17) is 9.84 Å². The van der Waals surface area contributed by atoms with Crippen LogP contribution in [0.4, 0.5) is 28.0 Å². The molecule has 0 spiro atoms. The molecule has 2 aliphatic rings. The van der Waals surface area contributed by atoms with Crippen molar-refractivity contribution in [1.82, 2.24) is 4.90 Å². The molecule has 0 unspecified atom stereocenters. The third-order valence-electron chi connectivity index (χ3n) is 5.09. The maximum atomic E-state index is 15.1. The number of amides is 2. The lowest BCUT2D eigenvalue weighted by atomic mass is 9.98.